The molecule has 1 N–H and O–H groups in total. The predicted molar refractivity (Wildman–Crippen MR) is 127 cm³/mol. The summed E-state index contributed by atoms with van der Waals surface area (Å²) in [5.74, 6) is -0.367. The molecule has 1 saturated heterocycles. The number of fused-ring (bicyclic) bond motifs is 1. The zero-order chi connectivity index (χ0) is 22.8. The quantitative estimate of drug-likeness (QED) is 0.578. The zero-order valence-corrected chi connectivity index (χ0v) is 19.5. The Hall–Kier alpha value is -2.71. The number of benzene rings is 1. The van der Waals surface area contributed by atoms with Crippen molar-refractivity contribution >= 4 is 27.5 Å². The number of thiophene rings is 1. The maximum atomic E-state index is 12.8. The molecular weight excluding hydrogens is 426 g/mol. The highest BCUT2D eigenvalue weighted by Crippen LogP contribution is 2.34. The van der Waals surface area contributed by atoms with Gasteiger partial charge in [0.15, 0.2) is 0 Å². The van der Waals surface area contributed by atoms with Crippen LogP contribution in [0.4, 0.5) is 0 Å². The Bertz CT molecular complexity index is 1240. The first-order valence-electron chi connectivity index (χ1n) is 11.1. The number of aryl methyl sites for hydroxylation is 2. The third kappa shape index (κ3) is 4.42. The van der Waals surface area contributed by atoms with E-state index in [2.05, 4.69) is 41.9 Å². The zero-order valence-electron chi connectivity index (χ0n) is 18.7. The highest BCUT2D eigenvalue weighted by atomic mass is 32.1. The minimum Gasteiger partial charge on any atom is -0.466 e. The summed E-state index contributed by atoms with van der Waals surface area (Å²) < 4.78 is 6.65. The lowest BCUT2D eigenvalue weighted by Gasteiger charge is -2.37. The fraction of sp³-hybridized carbons (Fsp3) is 0.458. The number of H-pyrrole nitrogens is 1. The van der Waals surface area contributed by atoms with E-state index in [-0.39, 0.29) is 29.9 Å². The first kappa shape index (κ1) is 22.5. The normalized spacial score (nSPS) is 19.3. The van der Waals surface area contributed by atoms with Crippen molar-refractivity contribution < 1.29 is 9.53 Å². The average Bonchev–Trinajstić information content (AvgIpc) is 3.24. The van der Waals surface area contributed by atoms with Gasteiger partial charge in [-0.3, -0.25) is 19.1 Å². The Morgan fingerprint density at radius 1 is 1.19 bits per heavy atom. The number of aromatic amines is 1. The number of carbonyl (C=O) groups is 1. The highest BCUT2D eigenvalue weighted by Gasteiger charge is 2.36. The van der Waals surface area contributed by atoms with Crippen LogP contribution >= 0.6 is 11.3 Å². The SMILES string of the molecule is CCOC(=O)[C@H]1CN(CCn2c(=O)[nH]c3sccc3c2=O)CC[C@H]1c1ccc(C)c(C)c1. The number of nitrogens with zero attached hydrogens (tertiary/aromatic N) is 2. The van der Waals surface area contributed by atoms with Crippen molar-refractivity contribution in [1.82, 2.24) is 14.5 Å². The number of rotatable bonds is 6. The molecule has 4 rings (SSSR count). The van der Waals surface area contributed by atoms with Crippen molar-refractivity contribution in [3.05, 3.63) is 67.2 Å². The van der Waals surface area contributed by atoms with E-state index >= 15 is 0 Å². The van der Waals surface area contributed by atoms with Crippen LogP contribution in [0.1, 0.15) is 36.0 Å². The van der Waals surface area contributed by atoms with E-state index in [1.807, 2.05) is 6.92 Å². The molecular formula is C24H29N3O4S. The molecule has 0 spiro atoms. The molecule has 3 aromatic rings. The number of carbonyl (C=O) groups excluding carboxylic acids is 1. The van der Waals surface area contributed by atoms with Gasteiger partial charge >= 0.3 is 11.7 Å². The number of piperidine rings is 1. The molecule has 32 heavy (non-hydrogen) atoms. The predicted octanol–water partition coefficient (Wildman–Crippen LogP) is 3.04. The van der Waals surface area contributed by atoms with E-state index in [1.165, 1.54) is 32.6 Å². The van der Waals surface area contributed by atoms with Crippen LogP contribution in [-0.2, 0) is 16.1 Å². The van der Waals surface area contributed by atoms with Crippen LogP contribution in [-0.4, -0.2) is 46.7 Å². The van der Waals surface area contributed by atoms with E-state index in [0.717, 1.165) is 13.0 Å². The van der Waals surface area contributed by atoms with Crippen molar-refractivity contribution in [1.29, 1.82) is 0 Å². The summed E-state index contributed by atoms with van der Waals surface area (Å²) in [5.41, 5.74) is 2.96. The van der Waals surface area contributed by atoms with Crippen LogP contribution in [0.5, 0.6) is 0 Å². The number of ether oxygens (including phenoxy) is 1. The van der Waals surface area contributed by atoms with Gasteiger partial charge in [0.05, 0.1) is 17.9 Å². The fourth-order valence-electron chi connectivity index (χ4n) is 4.53. The van der Waals surface area contributed by atoms with Crippen molar-refractivity contribution in [3.63, 3.8) is 0 Å². The molecule has 1 fully saturated rings. The summed E-state index contributed by atoms with van der Waals surface area (Å²) in [6.07, 6.45) is 0.820. The molecule has 2 atom stereocenters. The van der Waals surface area contributed by atoms with Gasteiger partial charge in [-0.05, 0) is 67.8 Å². The summed E-state index contributed by atoms with van der Waals surface area (Å²) >= 11 is 1.35. The molecule has 8 heteroatoms. The highest BCUT2D eigenvalue weighted by molar-refractivity contribution is 7.16. The lowest BCUT2D eigenvalue weighted by atomic mass is 9.79. The van der Waals surface area contributed by atoms with Gasteiger partial charge < -0.3 is 9.64 Å². The first-order valence-corrected chi connectivity index (χ1v) is 11.9. The van der Waals surface area contributed by atoms with Gasteiger partial charge in [0.1, 0.15) is 4.83 Å². The number of aromatic nitrogens is 2. The third-order valence-corrected chi connectivity index (χ3v) is 7.32. The molecule has 1 aromatic carbocycles. The lowest BCUT2D eigenvalue weighted by Crippen LogP contribution is -2.46. The van der Waals surface area contributed by atoms with Gasteiger partial charge in [-0.15, -0.1) is 11.3 Å². The van der Waals surface area contributed by atoms with Crippen LogP contribution in [0.2, 0.25) is 0 Å². The molecule has 1 aliphatic rings. The first-order chi connectivity index (χ1) is 15.4. The van der Waals surface area contributed by atoms with Crippen LogP contribution in [0.3, 0.4) is 0 Å². The number of hydrogen-bond acceptors (Lipinski definition) is 6. The summed E-state index contributed by atoms with van der Waals surface area (Å²) in [6, 6.07) is 8.14. The van der Waals surface area contributed by atoms with E-state index in [0.29, 0.717) is 29.9 Å². The Morgan fingerprint density at radius 3 is 2.75 bits per heavy atom. The largest absolute Gasteiger partial charge is 0.466 e. The van der Waals surface area contributed by atoms with Gasteiger partial charge in [-0.25, -0.2) is 4.79 Å². The molecule has 0 unspecified atom stereocenters. The summed E-state index contributed by atoms with van der Waals surface area (Å²) in [5, 5.41) is 2.33. The van der Waals surface area contributed by atoms with Crippen LogP contribution < -0.4 is 11.2 Å². The van der Waals surface area contributed by atoms with E-state index < -0.39 is 5.69 Å². The number of esters is 1. The minimum absolute atomic E-state index is 0.0953. The van der Waals surface area contributed by atoms with E-state index in [1.54, 1.807) is 11.4 Å². The second-order valence-electron chi connectivity index (χ2n) is 8.45. The Kier molecular flexibility index (Phi) is 6.62. The van der Waals surface area contributed by atoms with Crippen molar-refractivity contribution in [3.8, 4) is 0 Å². The molecule has 3 heterocycles. The summed E-state index contributed by atoms with van der Waals surface area (Å²) in [7, 11) is 0. The molecule has 2 aromatic heterocycles. The monoisotopic (exact) mass is 455 g/mol. The van der Waals surface area contributed by atoms with Gasteiger partial charge in [-0.2, -0.15) is 0 Å². The number of nitrogens with one attached hydrogen (secondary N) is 1. The smallest absolute Gasteiger partial charge is 0.329 e. The fourth-order valence-corrected chi connectivity index (χ4v) is 5.29. The summed E-state index contributed by atoms with van der Waals surface area (Å²) in [6.45, 7) is 8.49. The van der Waals surface area contributed by atoms with Crippen molar-refractivity contribution in [2.45, 2.75) is 39.7 Å². The molecule has 0 aliphatic carbocycles. The summed E-state index contributed by atoms with van der Waals surface area (Å²) in [4.78, 5) is 43.5. The number of likely N-dealkylation sites (tertiary alicyclic amines) is 1. The Morgan fingerprint density at radius 2 is 2.00 bits per heavy atom. The molecule has 7 nitrogen and oxygen atoms in total. The molecule has 0 radical (unpaired) electrons. The van der Waals surface area contributed by atoms with Gasteiger partial charge in [0.25, 0.3) is 5.56 Å². The third-order valence-electron chi connectivity index (χ3n) is 6.49. The molecule has 0 bridgehead atoms. The van der Waals surface area contributed by atoms with Crippen molar-refractivity contribution in [2.24, 2.45) is 5.92 Å². The van der Waals surface area contributed by atoms with Gasteiger partial charge in [-0.1, -0.05) is 18.2 Å². The van der Waals surface area contributed by atoms with E-state index in [4.69, 9.17) is 4.74 Å². The standard InChI is InChI=1S/C24H29N3O4S/c1-4-31-23(29)20-14-26(9-7-18(20)17-6-5-15(2)16(3)13-17)10-11-27-22(28)19-8-12-32-21(19)25-24(27)30/h5-6,8,12-13,18,20H,4,7,9-11,14H2,1-3H3,(H,25,30)/t18-,20-/m0/s1. The molecule has 1 aliphatic heterocycles. The molecule has 170 valence electrons. The van der Waals surface area contributed by atoms with Gasteiger partial charge in [0.2, 0.25) is 0 Å². The average molecular weight is 456 g/mol. The number of hydrogen-bond donors (Lipinski definition) is 1. The van der Waals surface area contributed by atoms with Crippen LogP contribution in [0, 0.1) is 19.8 Å². The van der Waals surface area contributed by atoms with Crippen LogP contribution in [0.15, 0.2) is 39.2 Å². The topological polar surface area (TPSA) is 84.4 Å². The Labute approximate surface area is 190 Å². The second-order valence-corrected chi connectivity index (χ2v) is 9.36. The van der Waals surface area contributed by atoms with Crippen LogP contribution in [0.25, 0.3) is 10.2 Å². The van der Waals surface area contributed by atoms with Gasteiger partial charge in [0, 0.05) is 19.6 Å². The minimum atomic E-state index is -0.392. The molecule has 0 saturated carbocycles. The second kappa shape index (κ2) is 9.42. The molecule has 0 amide bonds. The maximum Gasteiger partial charge on any atom is 0.329 e. The maximum absolute atomic E-state index is 12.8. The lowest BCUT2D eigenvalue weighted by molar-refractivity contribution is -0.150. The Balaban J connectivity index is 1.52. The van der Waals surface area contributed by atoms with E-state index in [9.17, 15) is 14.4 Å². The van der Waals surface area contributed by atoms with Crippen molar-refractivity contribution in [2.75, 3.05) is 26.2 Å².